The van der Waals surface area contributed by atoms with Crippen molar-refractivity contribution in [3.05, 3.63) is 0 Å². The van der Waals surface area contributed by atoms with Crippen LogP contribution < -0.4 is 5.73 Å². The van der Waals surface area contributed by atoms with Gasteiger partial charge < -0.3 is 15.7 Å². The average molecular weight is 184 g/mol. The molecule has 0 aromatic carbocycles. The second-order valence-corrected chi connectivity index (χ2v) is 4.75. The minimum atomic E-state index is 0.294. The van der Waals surface area contributed by atoms with Gasteiger partial charge in [0.15, 0.2) is 0 Å². The van der Waals surface area contributed by atoms with E-state index in [4.69, 9.17) is 10.8 Å². The summed E-state index contributed by atoms with van der Waals surface area (Å²) < 4.78 is 0. The van der Waals surface area contributed by atoms with Gasteiger partial charge in [-0.3, -0.25) is 0 Å². The Kier molecular flexibility index (Phi) is 2.58. The summed E-state index contributed by atoms with van der Waals surface area (Å²) in [5.41, 5.74) is 6.46. The third kappa shape index (κ3) is 1.87. The molecule has 1 aliphatic carbocycles. The lowest BCUT2D eigenvalue weighted by Gasteiger charge is -2.23. The van der Waals surface area contributed by atoms with Crippen LogP contribution in [0.3, 0.4) is 0 Å². The van der Waals surface area contributed by atoms with Crippen molar-refractivity contribution in [2.45, 2.75) is 31.7 Å². The molecular formula is C10H20N2O. The van der Waals surface area contributed by atoms with E-state index in [0.29, 0.717) is 18.1 Å². The Hall–Kier alpha value is -0.120. The lowest BCUT2D eigenvalue weighted by atomic mass is 9.85. The molecule has 3 N–H and O–H groups in total. The summed E-state index contributed by atoms with van der Waals surface area (Å²) in [6.07, 6.45) is 5.00. The zero-order valence-electron chi connectivity index (χ0n) is 8.21. The van der Waals surface area contributed by atoms with Crippen molar-refractivity contribution in [2.75, 3.05) is 26.2 Å². The highest BCUT2D eigenvalue weighted by molar-refractivity contribution is 4.97. The van der Waals surface area contributed by atoms with Gasteiger partial charge in [0.25, 0.3) is 0 Å². The van der Waals surface area contributed by atoms with Crippen molar-refractivity contribution < 1.29 is 5.11 Å². The van der Waals surface area contributed by atoms with Gasteiger partial charge in [-0.15, -0.1) is 0 Å². The Morgan fingerprint density at radius 1 is 1.46 bits per heavy atom. The van der Waals surface area contributed by atoms with Gasteiger partial charge in [0, 0.05) is 19.1 Å². The summed E-state index contributed by atoms with van der Waals surface area (Å²) in [5.74, 6) is 0. The van der Waals surface area contributed by atoms with E-state index in [2.05, 4.69) is 4.90 Å². The van der Waals surface area contributed by atoms with Crippen LogP contribution in [-0.4, -0.2) is 42.3 Å². The van der Waals surface area contributed by atoms with Crippen LogP contribution in [0, 0.1) is 5.41 Å². The monoisotopic (exact) mass is 184 g/mol. The highest BCUT2D eigenvalue weighted by Crippen LogP contribution is 2.44. The van der Waals surface area contributed by atoms with Gasteiger partial charge in [0.2, 0.25) is 0 Å². The standard InChI is InChI=1S/C10H20N2O/c11-9-1-2-10(7-9)3-4-12(8-10)5-6-13/h9,13H,1-8,11H2/t9-,10+/m0/s1. The summed E-state index contributed by atoms with van der Waals surface area (Å²) in [4.78, 5) is 2.37. The van der Waals surface area contributed by atoms with Crippen LogP contribution in [0.25, 0.3) is 0 Å². The zero-order chi connectivity index (χ0) is 9.31. The quantitative estimate of drug-likeness (QED) is 0.644. The summed E-state index contributed by atoms with van der Waals surface area (Å²) in [6, 6.07) is 0.439. The largest absolute Gasteiger partial charge is 0.395 e. The smallest absolute Gasteiger partial charge is 0.0558 e. The summed E-state index contributed by atoms with van der Waals surface area (Å²) in [5, 5.41) is 8.84. The molecule has 0 amide bonds. The molecule has 1 saturated carbocycles. The average Bonchev–Trinajstić information content (AvgIpc) is 2.62. The van der Waals surface area contributed by atoms with Crippen LogP contribution in [0.5, 0.6) is 0 Å². The normalized spacial score (nSPS) is 40.6. The first-order valence-corrected chi connectivity index (χ1v) is 5.33. The predicted octanol–water partition coefficient (Wildman–Crippen LogP) is 0.182. The molecule has 2 fully saturated rings. The van der Waals surface area contributed by atoms with Crippen molar-refractivity contribution in [1.29, 1.82) is 0 Å². The van der Waals surface area contributed by atoms with Gasteiger partial charge in [-0.25, -0.2) is 0 Å². The van der Waals surface area contributed by atoms with E-state index in [1.165, 1.54) is 32.2 Å². The minimum Gasteiger partial charge on any atom is -0.395 e. The maximum atomic E-state index is 8.84. The van der Waals surface area contributed by atoms with Crippen LogP contribution in [0.15, 0.2) is 0 Å². The molecule has 13 heavy (non-hydrogen) atoms. The van der Waals surface area contributed by atoms with E-state index >= 15 is 0 Å². The number of aliphatic hydroxyl groups excluding tert-OH is 1. The predicted molar refractivity (Wildman–Crippen MR) is 52.4 cm³/mol. The van der Waals surface area contributed by atoms with E-state index in [0.717, 1.165) is 13.1 Å². The third-order valence-corrected chi connectivity index (χ3v) is 3.67. The fourth-order valence-electron chi connectivity index (χ4n) is 2.98. The molecule has 0 aromatic rings. The first-order chi connectivity index (χ1) is 6.24. The molecule has 3 nitrogen and oxygen atoms in total. The zero-order valence-corrected chi connectivity index (χ0v) is 8.21. The van der Waals surface area contributed by atoms with Crippen LogP contribution in [0.1, 0.15) is 25.7 Å². The number of nitrogens with two attached hydrogens (primary N) is 1. The lowest BCUT2D eigenvalue weighted by molar-refractivity contribution is 0.200. The van der Waals surface area contributed by atoms with Crippen LogP contribution >= 0.6 is 0 Å². The molecule has 1 saturated heterocycles. The number of hydrogen-bond donors (Lipinski definition) is 2. The van der Waals surface area contributed by atoms with E-state index in [1.54, 1.807) is 0 Å². The fourth-order valence-corrected chi connectivity index (χ4v) is 2.98. The number of β-amino-alcohol motifs (C(OH)–C–C–N with tert-alkyl or cyclic N) is 1. The molecule has 1 spiro atoms. The highest BCUT2D eigenvalue weighted by Gasteiger charge is 2.42. The summed E-state index contributed by atoms with van der Waals surface area (Å²) in [6.45, 7) is 3.47. The Balaban J connectivity index is 1.89. The lowest BCUT2D eigenvalue weighted by Crippen LogP contribution is -2.28. The van der Waals surface area contributed by atoms with Crippen LogP contribution in [-0.2, 0) is 0 Å². The van der Waals surface area contributed by atoms with E-state index in [9.17, 15) is 0 Å². The topological polar surface area (TPSA) is 49.5 Å². The molecule has 0 radical (unpaired) electrons. The first kappa shape index (κ1) is 9.44. The summed E-state index contributed by atoms with van der Waals surface area (Å²) in [7, 11) is 0. The Bertz CT molecular complexity index is 186. The number of aliphatic hydroxyl groups is 1. The van der Waals surface area contributed by atoms with E-state index in [-0.39, 0.29) is 0 Å². The summed E-state index contributed by atoms with van der Waals surface area (Å²) >= 11 is 0. The number of rotatable bonds is 2. The van der Waals surface area contributed by atoms with Gasteiger partial charge >= 0.3 is 0 Å². The van der Waals surface area contributed by atoms with Gasteiger partial charge in [-0.2, -0.15) is 0 Å². The maximum absolute atomic E-state index is 8.84. The number of likely N-dealkylation sites (tertiary alicyclic amines) is 1. The molecule has 1 heterocycles. The second kappa shape index (κ2) is 3.56. The molecule has 0 unspecified atom stereocenters. The number of nitrogens with zero attached hydrogens (tertiary/aromatic N) is 1. The van der Waals surface area contributed by atoms with E-state index in [1.807, 2.05) is 0 Å². The highest BCUT2D eigenvalue weighted by atomic mass is 16.3. The molecule has 1 aliphatic heterocycles. The maximum Gasteiger partial charge on any atom is 0.0558 e. The molecular weight excluding hydrogens is 164 g/mol. The molecule has 76 valence electrons. The molecule has 0 aromatic heterocycles. The van der Waals surface area contributed by atoms with Gasteiger partial charge in [-0.1, -0.05) is 0 Å². The first-order valence-electron chi connectivity index (χ1n) is 5.33. The Morgan fingerprint density at radius 3 is 2.92 bits per heavy atom. The molecule has 3 heteroatoms. The third-order valence-electron chi connectivity index (χ3n) is 3.67. The molecule has 2 rings (SSSR count). The van der Waals surface area contributed by atoms with Crippen molar-refractivity contribution in [3.63, 3.8) is 0 Å². The van der Waals surface area contributed by atoms with Gasteiger partial charge in [0.05, 0.1) is 6.61 Å². The van der Waals surface area contributed by atoms with Crippen molar-refractivity contribution >= 4 is 0 Å². The number of hydrogen-bond acceptors (Lipinski definition) is 3. The van der Waals surface area contributed by atoms with Gasteiger partial charge in [0.1, 0.15) is 0 Å². The van der Waals surface area contributed by atoms with Crippen molar-refractivity contribution in [2.24, 2.45) is 11.1 Å². The van der Waals surface area contributed by atoms with Gasteiger partial charge in [-0.05, 0) is 37.6 Å². The van der Waals surface area contributed by atoms with Crippen LogP contribution in [0.2, 0.25) is 0 Å². The van der Waals surface area contributed by atoms with Crippen molar-refractivity contribution in [3.8, 4) is 0 Å². The second-order valence-electron chi connectivity index (χ2n) is 4.75. The molecule has 2 atom stereocenters. The Morgan fingerprint density at radius 2 is 2.31 bits per heavy atom. The van der Waals surface area contributed by atoms with Crippen LogP contribution in [0.4, 0.5) is 0 Å². The minimum absolute atomic E-state index is 0.294. The Labute approximate surface area is 79.9 Å². The van der Waals surface area contributed by atoms with E-state index < -0.39 is 0 Å². The SMILES string of the molecule is N[C@H]1CC[C@@]2(CCN(CCO)C2)C1. The van der Waals surface area contributed by atoms with Crippen molar-refractivity contribution in [1.82, 2.24) is 4.90 Å². The fraction of sp³-hybridized carbons (Fsp3) is 1.00. The molecule has 2 aliphatic rings. The molecule has 0 bridgehead atoms.